The van der Waals surface area contributed by atoms with E-state index in [2.05, 4.69) is 20.4 Å². The molecule has 1 aromatic carbocycles. The van der Waals surface area contributed by atoms with Gasteiger partial charge in [-0.25, -0.2) is 0 Å². The summed E-state index contributed by atoms with van der Waals surface area (Å²) in [6.45, 7) is 9.39. The Kier molecular flexibility index (Phi) is 7.25. The first kappa shape index (κ1) is 25.3. The highest BCUT2D eigenvalue weighted by Gasteiger charge is 2.57. The number of hydrogen-bond donors (Lipinski definition) is 0. The fourth-order valence-corrected chi connectivity index (χ4v) is 7.08. The van der Waals surface area contributed by atoms with Crippen molar-refractivity contribution in [1.82, 2.24) is 4.90 Å². The summed E-state index contributed by atoms with van der Waals surface area (Å²) < 4.78 is 11.1. The van der Waals surface area contributed by atoms with Crippen molar-refractivity contribution in [1.29, 1.82) is 0 Å². The molecule has 2 fully saturated rings. The number of methoxy groups -OCH3 is 1. The molecule has 1 aromatic heterocycles. The van der Waals surface area contributed by atoms with Crippen LogP contribution in [0.3, 0.4) is 0 Å². The summed E-state index contributed by atoms with van der Waals surface area (Å²) in [5.74, 6) is 1.39. The van der Waals surface area contributed by atoms with Crippen LogP contribution in [0.5, 0.6) is 0 Å². The third kappa shape index (κ3) is 4.70. The second kappa shape index (κ2) is 10.0. The maximum Gasteiger partial charge on any atom is 0.311 e. The number of allylic oxidation sites excluding steroid dienone is 1. The van der Waals surface area contributed by atoms with Gasteiger partial charge >= 0.3 is 5.97 Å². The van der Waals surface area contributed by atoms with E-state index in [0.717, 1.165) is 56.3 Å². The lowest BCUT2D eigenvalue weighted by Crippen LogP contribution is -2.53. The minimum absolute atomic E-state index is 0.0201. The Morgan fingerprint density at radius 1 is 1.17 bits per heavy atom. The van der Waals surface area contributed by atoms with Crippen molar-refractivity contribution in [2.24, 2.45) is 22.7 Å². The molecule has 0 bridgehead atoms. The standard InChI is InChI=1S/C30H39NO4/c1-21-12-15-26-29(2,17-9-18-30(26,3)28(33)34-5)24(21)14-13-22-16-19-35-25(22)20-31(4)27(32)23-10-7-6-8-11-23/h6-8,10-11,16,19,24,26H,1,9,12-15,17-18,20H2,2-5H3/t24-,26?,29+,30-/m0/s1. The Bertz CT molecular complexity index is 1070. The summed E-state index contributed by atoms with van der Waals surface area (Å²) in [4.78, 5) is 27.3. The van der Waals surface area contributed by atoms with E-state index in [1.165, 1.54) is 12.7 Å². The zero-order chi connectivity index (χ0) is 25.2. The second-order valence-corrected chi connectivity index (χ2v) is 11.0. The maximum atomic E-state index is 12.8. The van der Waals surface area contributed by atoms with Gasteiger partial charge in [-0.05, 0) is 86.5 Å². The van der Waals surface area contributed by atoms with Crippen molar-refractivity contribution in [2.75, 3.05) is 14.2 Å². The van der Waals surface area contributed by atoms with Crippen molar-refractivity contribution >= 4 is 11.9 Å². The van der Waals surface area contributed by atoms with Crippen molar-refractivity contribution in [2.45, 2.75) is 65.3 Å². The van der Waals surface area contributed by atoms with Gasteiger partial charge < -0.3 is 14.1 Å². The van der Waals surface area contributed by atoms with Crippen molar-refractivity contribution < 1.29 is 18.7 Å². The molecule has 5 nitrogen and oxygen atoms in total. The smallest absolute Gasteiger partial charge is 0.311 e. The summed E-state index contributed by atoms with van der Waals surface area (Å²) >= 11 is 0. The largest absolute Gasteiger partial charge is 0.469 e. The molecule has 35 heavy (non-hydrogen) atoms. The first-order chi connectivity index (χ1) is 16.7. The van der Waals surface area contributed by atoms with Gasteiger partial charge in [0.2, 0.25) is 0 Å². The van der Waals surface area contributed by atoms with Crippen LogP contribution in [0.25, 0.3) is 0 Å². The van der Waals surface area contributed by atoms with Crippen LogP contribution in [0.15, 0.2) is 59.2 Å². The van der Waals surface area contributed by atoms with Crippen molar-refractivity contribution in [3.05, 3.63) is 71.7 Å². The highest BCUT2D eigenvalue weighted by atomic mass is 16.5. The fourth-order valence-electron chi connectivity index (χ4n) is 7.08. The monoisotopic (exact) mass is 477 g/mol. The minimum atomic E-state index is -0.429. The van der Waals surface area contributed by atoms with Crippen LogP contribution in [0, 0.1) is 22.7 Å². The lowest BCUT2D eigenvalue weighted by Gasteiger charge is -2.57. The third-order valence-electron chi connectivity index (χ3n) is 8.96. The predicted molar refractivity (Wildman–Crippen MR) is 137 cm³/mol. The molecular formula is C30H39NO4. The molecule has 4 atom stereocenters. The Morgan fingerprint density at radius 2 is 1.91 bits per heavy atom. The predicted octanol–water partition coefficient (Wildman–Crippen LogP) is 6.44. The number of esters is 1. The van der Waals surface area contributed by atoms with E-state index in [1.807, 2.05) is 43.4 Å². The molecule has 0 spiro atoms. The molecule has 2 aliphatic carbocycles. The molecule has 1 unspecified atom stereocenters. The summed E-state index contributed by atoms with van der Waals surface area (Å²) in [6, 6.07) is 11.4. The van der Waals surface area contributed by atoms with Crippen molar-refractivity contribution in [3.63, 3.8) is 0 Å². The number of carbonyl (C=O) groups is 2. The number of rotatable bonds is 7. The van der Waals surface area contributed by atoms with Crippen LogP contribution >= 0.6 is 0 Å². The zero-order valence-corrected chi connectivity index (χ0v) is 21.6. The van der Waals surface area contributed by atoms with Crippen LogP contribution in [-0.4, -0.2) is 30.9 Å². The highest BCUT2D eigenvalue weighted by molar-refractivity contribution is 5.93. The number of ether oxygens (including phenoxy) is 1. The maximum absolute atomic E-state index is 12.8. The number of fused-ring (bicyclic) bond motifs is 1. The average molecular weight is 478 g/mol. The number of aryl methyl sites for hydroxylation is 1. The van der Waals surface area contributed by atoms with Gasteiger partial charge in [0.15, 0.2) is 0 Å². The van der Waals surface area contributed by atoms with Crippen LogP contribution in [0.4, 0.5) is 0 Å². The van der Waals surface area contributed by atoms with Crippen LogP contribution in [0.2, 0.25) is 0 Å². The molecule has 1 heterocycles. The summed E-state index contributed by atoms with van der Waals surface area (Å²) in [7, 11) is 3.32. The number of benzene rings is 1. The lowest BCUT2D eigenvalue weighted by atomic mass is 9.46. The zero-order valence-electron chi connectivity index (χ0n) is 21.6. The van der Waals surface area contributed by atoms with E-state index >= 15 is 0 Å². The van der Waals surface area contributed by atoms with E-state index in [9.17, 15) is 9.59 Å². The molecule has 0 radical (unpaired) electrons. The number of furan rings is 1. The molecule has 0 N–H and O–H groups in total. The van der Waals surface area contributed by atoms with E-state index in [0.29, 0.717) is 23.9 Å². The second-order valence-electron chi connectivity index (χ2n) is 11.0. The summed E-state index contributed by atoms with van der Waals surface area (Å²) in [5, 5.41) is 0. The van der Waals surface area contributed by atoms with E-state index in [-0.39, 0.29) is 17.3 Å². The SMILES string of the molecule is C=C1CCC2[C@](C)(CCC[C@]2(C)C(=O)OC)[C@H]1CCc1ccoc1CN(C)C(=O)c1ccccc1. The first-order valence-electron chi connectivity index (χ1n) is 12.8. The van der Waals surface area contributed by atoms with Crippen molar-refractivity contribution in [3.8, 4) is 0 Å². The van der Waals surface area contributed by atoms with E-state index < -0.39 is 5.41 Å². The molecule has 1 amide bonds. The van der Waals surface area contributed by atoms with Crippen LogP contribution in [0.1, 0.15) is 74.1 Å². The highest BCUT2D eigenvalue weighted by Crippen LogP contribution is 2.62. The lowest BCUT2D eigenvalue weighted by molar-refractivity contribution is -0.168. The molecule has 0 aliphatic heterocycles. The fraction of sp³-hybridized carbons (Fsp3) is 0.533. The number of carbonyl (C=O) groups excluding carboxylic acids is 2. The van der Waals surface area contributed by atoms with Gasteiger partial charge in [-0.3, -0.25) is 9.59 Å². The molecule has 2 aromatic rings. The summed E-state index contributed by atoms with van der Waals surface area (Å²) in [6.07, 6.45) is 8.55. The molecule has 5 heteroatoms. The van der Waals surface area contributed by atoms with Crippen LogP contribution < -0.4 is 0 Å². The van der Waals surface area contributed by atoms with Gasteiger partial charge in [0.25, 0.3) is 5.91 Å². The van der Waals surface area contributed by atoms with Gasteiger partial charge in [0.05, 0.1) is 25.3 Å². The molecule has 4 rings (SSSR count). The van der Waals surface area contributed by atoms with E-state index in [1.54, 1.807) is 11.2 Å². The Labute approximate surface area is 209 Å². The topological polar surface area (TPSA) is 59.8 Å². The normalized spacial score (nSPS) is 28.3. The van der Waals surface area contributed by atoms with Gasteiger partial charge in [-0.2, -0.15) is 0 Å². The third-order valence-corrected chi connectivity index (χ3v) is 8.96. The Hall–Kier alpha value is -2.82. The van der Waals surface area contributed by atoms with Gasteiger partial charge in [-0.15, -0.1) is 0 Å². The Morgan fingerprint density at radius 3 is 2.63 bits per heavy atom. The number of nitrogens with zero attached hydrogens (tertiary/aromatic N) is 1. The quantitative estimate of drug-likeness (QED) is 0.340. The molecular weight excluding hydrogens is 438 g/mol. The molecule has 2 aliphatic rings. The summed E-state index contributed by atoms with van der Waals surface area (Å²) in [5.41, 5.74) is 2.72. The number of hydrogen-bond acceptors (Lipinski definition) is 4. The molecule has 188 valence electrons. The minimum Gasteiger partial charge on any atom is -0.469 e. The molecule has 2 saturated carbocycles. The molecule has 0 saturated heterocycles. The van der Waals surface area contributed by atoms with Gasteiger partial charge in [0.1, 0.15) is 5.76 Å². The van der Waals surface area contributed by atoms with Gasteiger partial charge in [0, 0.05) is 12.6 Å². The van der Waals surface area contributed by atoms with Crippen LogP contribution in [-0.2, 0) is 22.5 Å². The first-order valence-corrected chi connectivity index (χ1v) is 12.8. The average Bonchev–Trinajstić information content (AvgIpc) is 3.29. The van der Waals surface area contributed by atoms with E-state index in [4.69, 9.17) is 9.15 Å². The van der Waals surface area contributed by atoms with Gasteiger partial charge in [-0.1, -0.05) is 43.7 Å². The Balaban J connectivity index is 1.48. The number of amides is 1.